The highest BCUT2D eigenvalue weighted by Gasteiger charge is 2.13. The van der Waals surface area contributed by atoms with Gasteiger partial charge in [-0.3, -0.25) is 0 Å². The molecule has 0 saturated heterocycles. The second-order valence-electron chi connectivity index (χ2n) is 1.61. The van der Waals surface area contributed by atoms with E-state index in [1.165, 1.54) is 12.3 Å². The van der Waals surface area contributed by atoms with E-state index in [9.17, 15) is 4.79 Å². The van der Waals surface area contributed by atoms with Gasteiger partial charge in [0.15, 0.2) is 0 Å². The minimum Gasteiger partial charge on any atom is -0.482 e. The van der Waals surface area contributed by atoms with Gasteiger partial charge in [-0.05, 0) is 12.2 Å². The van der Waals surface area contributed by atoms with Gasteiger partial charge in [-0.2, -0.15) is 0 Å². The van der Waals surface area contributed by atoms with Gasteiger partial charge in [0.1, 0.15) is 0 Å². The highest BCUT2D eigenvalue weighted by molar-refractivity contribution is 14.0. The molecule has 0 spiro atoms. The third kappa shape index (κ3) is 2.38. The average Bonchev–Trinajstić information content (AvgIpc) is 1.90. The van der Waals surface area contributed by atoms with Crippen molar-refractivity contribution in [3.05, 3.63) is 24.5 Å². The van der Waals surface area contributed by atoms with Crippen molar-refractivity contribution in [3.8, 4) is 0 Å². The Morgan fingerprint density at radius 1 is 1.50 bits per heavy atom. The Labute approximate surface area is 75.4 Å². The zero-order valence-corrected chi connectivity index (χ0v) is 7.39. The van der Waals surface area contributed by atoms with Crippen LogP contribution in [0.15, 0.2) is 24.5 Å². The van der Waals surface area contributed by atoms with E-state index in [0.29, 0.717) is 0 Å². The summed E-state index contributed by atoms with van der Waals surface area (Å²) in [4.78, 5) is 10.1. The number of carbonyl (C=O) groups is 1. The zero-order valence-electron chi connectivity index (χ0n) is 5.06. The Balaban J connectivity index is 0.000000810. The van der Waals surface area contributed by atoms with Gasteiger partial charge in [-0.15, -0.1) is 24.0 Å². The summed E-state index contributed by atoms with van der Waals surface area (Å²) in [6.07, 6.45) is 5.32. The predicted molar refractivity (Wildman–Crippen MR) is 46.2 cm³/mol. The highest BCUT2D eigenvalue weighted by atomic mass is 127. The first-order valence-corrected chi connectivity index (χ1v) is 2.52. The molecule has 1 atom stereocenters. The minimum absolute atomic E-state index is 0. The van der Waals surface area contributed by atoms with Crippen molar-refractivity contribution in [2.45, 2.75) is 6.10 Å². The molecule has 1 unspecified atom stereocenters. The van der Waals surface area contributed by atoms with Crippen molar-refractivity contribution < 1.29 is 14.6 Å². The lowest BCUT2D eigenvalue weighted by molar-refractivity contribution is -0.144. The number of halogens is 1. The van der Waals surface area contributed by atoms with Crippen LogP contribution in [0.5, 0.6) is 0 Å². The van der Waals surface area contributed by atoms with Gasteiger partial charge in [0.05, 0.1) is 6.26 Å². The maximum absolute atomic E-state index is 10.1. The Bertz CT molecular complexity index is 174. The summed E-state index contributed by atoms with van der Waals surface area (Å²) in [7, 11) is 0. The van der Waals surface area contributed by atoms with Crippen LogP contribution in [-0.2, 0) is 9.53 Å². The van der Waals surface area contributed by atoms with Crippen LogP contribution in [0.1, 0.15) is 0 Å². The van der Waals surface area contributed by atoms with Crippen molar-refractivity contribution in [2.24, 2.45) is 0 Å². The topological polar surface area (TPSA) is 46.5 Å². The number of hydrogen-bond donors (Lipinski definition) is 1. The Morgan fingerprint density at radius 3 is 2.50 bits per heavy atom. The lowest BCUT2D eigenvalue weighted by Crippen LogP contribution is -2.19. The fourth-order valence-electron chi connectivity index (χ4n) is 0.526. The van der Waals surface area contributed by atoms with Crippen molar-refractivity contribution in [2.75, 3.05) is 0 Å². The van der Waals surface area contributed by atoms with Gasteiger partial charge < -0.3 is 9.84 Å². The van der Waals surface area contributed by atoms with E-state index in [-0.39, 0.29) is 24.0 Å². The maximum atomic E-state index is 10.1. The number of carboxylic acids is 1. The predicted octanol–water partition coefficient (Wildman–Crippen LogP) is 1.16. The molecule has 1 rings (SSSR count). The fourth-order valence-corrected chi connectivity index (χ4v) is 0.526. The number of rotatable bonds is 1. The smallest absolute Gasteiger partial charge is 0.349 e. The molecule has 4 heteroatoms. The van der Waals surface area contributed by atoms with E-state index in [1.54, 1.807) is 12.2 Å². The van der Waals surface area contributed by atoms with E-state index in [0.717, 1.165) is 0 Å². The number of ether oxygens (including phenoxy) is 1. The van der Waals surface area contributed by atoms with Gasteiger partial charge in [0, 0.05) is 0 Å². The van der Waals surface area contributed by atoms with Crippen molar-refractivity contribution in [1.29, 1.82) is 0 Å². The van der Waals surface area contributed by atoms with Gasteiger partial charge in [-0.1, -0.05) is 6.08 Å². The Kier molecular flexibility index (Phi) is 4.10. The summed E-state index contributed by atoms with van der Waals surface area (Å²) in [6, 6.07) is 0. The first kappa shape index (κ1) is 9.48. The molecule has 1 aliphatic rings. The van der Waals surface area contributed by atoms with Crippen LogP contribution in [0.3, 0.4) is 0 Å². The molecule has 0 amide bonds. The van der Waals surface area contributed by atoms with E-state index in [1.807, 2.05) is 0 Å². The fraction of sp³-hybridized carbons (Fsp3) is 0.167. The molecule has 0 aliphatic carbocycles. The lowest BCUT2D eigenvalue weighted by atomic mass is 10.3. The van der Waals surface area contributed by atoms with Gasteiger partial charge >= 0.3 is 5.97 Å². The molecular formula is C6H7IO3. The van der Waals surface area contributed by atoms with Crippen LogP contribution in [0.4, 0.5) is 0 Å². The van der Waals surface area contributed by atoms with Gasteiger partial charge in [-0.25, -0.2) is 4.79 Å². The Hall–Kier alpha value is -0.520. The molecule has 10 heavy (non-hydrogen) atoms. The average molecular weight is 254 g/mol. The molecule has 0 aromatic carbocycles. The summed E-state index contributed by atoms with van der Waals surface area (Å²) in [5, 5.41) is 8.33. The molecular weight excluding hydrogens is 247 g/mol. The monoisotopic (exact) mass is 254 g/mol. The summed E-state index contributed by atoms with van der Waals surface area (Å²) in [6.45, 7) is 0. The molecule has 1 aliphatic heterocycles. The third-order valence-corrected chi connectivity index (χ3v) is 0.944. The third-order valence-electron chi connectivity index (χ3n) is 0.944. The van der Waals surface area contributed by atoms with Gasteiger partial charge in [0.2, 0.25) is 6.10 Å². The number of carboxylic acid groups (broad SMARTS) is 1. The first-order chi connectivity index (χ1) is 4.30. The van der Waals surface area contributed by atoms with Crippen molar-refractivity contribution in [1.82, 2.24) is 0 Å². The van der Waals surface area contributed by atoms with E-state index < -0.39 is 12.1 Å². The first-order valence-electron chi connectivity index (χ1n) is 2.52. The van der Waals surface area contributed by atoms with E-state index in [2.05, 4.69) is 4.74 Å². The maximum Gasteiger partial charge on any atom is 0.349 e. The quantitative estimate of drug-likeness (QED) is 0.714. The summed E-state index contributed by atoms with van der Waals surface area (Å²) >= 11 is 0. The molecule has 1 N–H and O–H groups in total. The second kappa shape index (κ2) is 4.32. The molecule has 0 saturated carbocycles. The summed E-state index contributed by atoms with van der Waals surface area (Å²) in [5.41, 5.74) is 0. The molecule has 0 radical (unpaired) electrons. The molecule has 56 valence electrons. The van der Waals surface area contributed by atoms with Crippen molar-refractivity contribution >= 4 is 29.9 Å². The number of hydrogen-bond acceptors (Lipinski definition) is 2. The van der Waals surface area contributed by atoms with Gasteiger partial charge in [0.25, 0.3) is 0 Å². The number of allylic oxidation sites excluding steroid dienone is 2. The molecule has 3 nitrogen and oxygen atoms in total. The molecule has 0 aromatic rings. The normalized spacial score (nSPS) is 21.0. The van der Waals surface area contributed by atoms with Crippen LogP contribution in [-0.4, -0.2) is 17.2 Å². The van der Waals surface area contributed by atoms with Crippen LogP contribution in [0.2, 0.25) is 0 Å². The van der Waals surface area contributed by atoms with Crippen LogP contribution < -0.4 is 0 Å². The van der Waals surface area contributed by atoms with Crippen LogP contribution >= 0.6 is 24.0 Å². The lowest BCUT2D eigenvalue weighted by Gasteiger charge is -2.08. The molecule has 0 aromatic heterocycles. The molecule has 0 bridgehead atoms. The van der Waals surface area contributed by atoms with Crippen LogP contribution in [0, 0.1) is 0 Å². The zero-order chi connectivity index (χ0) is 6.69. The summed E-state index contributed by atoms with van der Waals surface area (Å²) < 4.78 is 4.67. The van der Waals surface area contributed by atoms with Crippen molar-refractivity contribution in [3.63, 3.8) is 0 Å². The number of aliphatic carboxylic acids is 1. The molecule has 0 fully saturated rings. The minimum atomic E-state index is -0.962. The summed E-state index contributed by atoms with van der Waals surface area (Å²) in [5.74, 6) is -0.962. The van der Waals surface area contributed by atoms with E-state index >= 15 is 0 Å². The SMILES string of the molecule is I.O=C(O)C1C=CC=CO1. The largest absolute Gasteiger partial charge is 0.482 e. The highest BCUT2D eigenvalue weighted by Crippen LogP contribution is 2.00. The Morgan fingerprint density at radius 2 is 2.20 bits per heavy atom. The standard InChI is InChI=1S/C6H6O3.HI/c7-6(8)5-3-1-2-4-9-5;/h1-5H,(H,7,8);1H. The second-order valence-corrected chi connectivity index (χ2v) is 1.61. The van der Waals surface area contributed by atoms with E-state index in [4.69, 9.17) is 5.11 Å². The van der Waals surface area contributed by atoms with Crippen LogP contribution in [0.25, 0.3) is 0 Å². The molecule has 1 heterocycles.